The van der Waals surface area contributed by atoms with Crippen LogP contribution >= 0.6 is 0 Å². The number of aliphatic hydroxyl groups is 1. The van der Waals surface area contributed by atoms with Gasteiger partial charge in [-0.3, -0.25) is 9.48 Å². The molecule has 0 amide bonds. The highest BCUT2D eigenvalue weighted by Gasteiger charge is 2.35. The van der Waals surface area contributed by atoms with Crippen LogP contribution in [0.5, 0.6) is 11.5 Å². The molecule has 170 valence electrons. The molecule has 0 bridgehead atoms. The number of hydrogen-bond acceptors (Lipinski definition) is 8. The predicted molar refractivity (Wildman–Crippen MR) is 124 cm³/mol. The molecule has 1 aromatic heterocycles. The van der Waals surface area contributed by atoms with E-state index in [1.54, 1.807) is 0 Å². The summed E-state index contributed by atoms with van der Waals surface area (Å²) in [6.07, 6.45) is 0.877. The standard InChI is InChI=1S/C23H29N5O4/c1-27(2)11-3-12-28-15-5-4-14(25-9-8-24-10-13-29)18-19(15)22(26-28)20-16(30)6-7-17(31)21(20)23(18)32/h4-7,24-25,29-31H,3,8-13H2,1-2H3. The summed E-state index contributed by atoms with van der Waals surface area (Å²) in [4.78, 5) is 15.6. The number of nitrogens with one attached hydrogen (secondary N) is 2. The summed E-state index contributed by atoms with van der Waals surface area (Å²) in [5.74, 6) is -0.600. The second kappa shape index (κ2) is 9.15. The quantitative estimate of drug-likeness (QED) is 0.187. The van der Waals surface area contributed by atoms with Crippen LogP contribution in [0.3, 0.4) is 0 Å². The highest BCUT2D eigenvalue weighted by Crippen LogP contribution is 2.47. The number of hydrogen-bond donors (Lipinski definition) is 5. The number of phenols is 2. The van der Waals surface area contributed by atoms with E-state index in [2.05, 4.69) is 15.5 Å². The smallest absolute Gasteiger partial charge is 0.200 e. The van der Waals surface area contributed by atoms with Gasteiger partial charge >= 0.3 is 0 Å². The predicted octanol–water partition coefficient (Wildman–Crippen LogP) is 1.60. The largest absolute Gasteiger partial charge is 0.507 e. The van der Waals surface area contributed by atoms with E-state index in [4.69, 9.17) is 10.2 Å². The van der Waals surface area contributed by atoms with E-state index in [1.165, 1.54) is 12.1 Å². The zero-order chi connectivity index (χ0) is 22.8. The van der Waals surface area contributed by atoms with Crippen LogP contribution < -0.4 is 10.6 Å². The van der Waals surface area contributed by atoms with Gasteiger partial charge in [0.05, 0.1) is 28.8 Å². The van der Waals surface area contributed by atoms with Gasteiger partial charge in [-0.05, 0) is 51.3 Å². The van der Waals surface area contributed by atoms with Crippen molar-refractivity contribution in [1.82, 2.24) is 20.0 Å². The van der Waals surface area contributed by atoms with Crippen molar-refractivity contribution in [2.45, 2.75) is 13.0 Å². The Kier molecular flexibility index (Phi) is 6.31. The second-order valence-electron chi connectivity index (χ2n) is 8.19. The Bertz CT molecular complexity index is 1160. The van der Waals surface area contributed by atoms with E-state index >= 15 is 0 Å². The molecule has 0 aliphatic heterocycles. The van der Waals surface area contributed by atoms with Gasteiger partial charge in [0.15, 0.2) is 5.78 Å². The number of fused-ring (bicyclic) bond motifs is 2. The fourth-order valence-corrected chi connectivity index (χ4v) is 4.20. The summed E-state index contributed by atoms with van der Waals surface area (Å²) in [6.45, 7) is 3.28. The molecular weight excluding hydrogens is 410 g/mol. The lowest BCUT2D eigenvalue weighted by molar-refractivity contribution is 0.103. The van der Waals surface area contributed by atoms with E-state index in [0.717, 1.165) is 18.5 Å². The highest BCUT2D eigenvalue weighted by molar-refractivity contribution is 6.29. The number of phenolic OH excluding ortho intramolecular Hbond substituents is 2. The van der Waals surface area contributed by atoms with E-state index in [9.17, 15) is 15.0 Å². The first-order chi connectivity index (χ1) is 15.4. The van der Waals surface area contributed by atoms with Crippen molar-refractivity contribution >= 4 is 22.4 Å². The Morgan fingerprint density at radius 3 is 2.47 bits per heavy atom. The van der Waals surface area contributed by atoms with Gasteiger partial charge in [-0.1, -0.05) is 0 Å². The van der Waals surface area contributed by atoms with Crippen LogP contribution in [-0.4, -0.2) is 82.7 Å². The fraction of sp³-hybridized carbons (Fsp3) is 0.391. The number of ketones is 1. The summed E-state index contributed by atoms with van der Waals surface area (Å²) in [5, 5.41) is 41.8. The average molecular weight is 440 g/mol. The minimum atomic E-state index is -0.342. The Morgan fingerprint density at radius 2 is 1.75 bits per heavy atom. The van der Waals surface area contributed by atoms with E-state index < -0.39 is 0 Å². The molecule has 1 aliphatic rings. The number of benzene rings is 2. The van der Waals surface area contributed by atoms with Gasteiger partial charge in [0, 0.05) is 37.3 Å². The fourth-order valence-electron chi connectivity index (χ4n) is 4.20. The van der Waals surface area contributed by atoms with Crippen molar-refractivity contribution < 1.29 is 20.1 Å². The molecule has 5 N–H and O–H groups in total. The van der Waals surface area contributed by atoms with Crippen molar-refractivity contribution in [2.75, 3.05) is 52.2 Å². The van der Waals surface area contributed by atoms with Crippen LogP contribution in [0.1, 0.15) is 22.3 Å². The molecule has 1 aliphatic carbocycles. The number of aliphatic hydroxyl groups excluding tert-OH is 1. The third-order valence-electron chi connectivity index (χ3n) is 5.65. The number of aromatic nitrogens is 2. The van der Waals surface area contributed by atoms with Crippen LogP contribution in [0.25, 0.3) is 22.2 Å². The maximum absolute atomic E-state index is 13.5. The lowest BCUT2D eigenvalue weighted by atomic mass is 9.85. The maximum atomic E-state index is 13.5. The average Bonchev–Trinajstić information content (AvgIpc) is 3.12. The molecule has 0 unspecified atom stereocenters. The van der Waals surface area contributed by atoms with Gasteiger partial charge in [-0.15, -0.1) is 0 Å². The number of carbonyl (C=O) groups is 1. The monoisotopic (exact) mass is 439 g/mol. The summed E-state index contributed by atoms with van der Waals surface area (Å²) in [7, 11) is 4.03. The third kappa shape index (κ3) is 3.90. The van der Waals surface area contributed by atoms with Crippen molar-refractivity contribution in [3.05, 3.63) is 35.4 Å². The molecule has 0 saturated carbocycles. The van der Waals surface area contributed by atoms with Gasteiger partial charge in [0.2, 0.25) is 0 Å². The summed E-state index contributed by atoms with van der Waals surface area (Å²) < 4.78 is 1.87. The molecule has 0 radical (unpaired) electrons. The molecule has 0 saturated heterocycles. The second-order valence-corrected chi connectivity index (χ2v) is 8.19. The lowest BCUT2D eigenvalue weighted by Gasteiger charge is -2.20. The minimum absolute atomic E-state index is 0.0611. The van der Waals surface area contributed by atoms with E-state index in [-0.39, 0.29) is 35.0 Å². The van der Waals surface area contributed by atoms with Crippen molar-refractivity contribution in [1.29, 1.82) is 0 Å². The van der Waals surface area contributed by atoms with Gasteiger partial charge < -0.3 is 30.9 Å². The molecule has 0 atom stereocenters. The molecule has 0 spiro atoms. The van der Waals surface area contributed by atoms with Gasteiger partial charge in [0.25, 0.3) is 0 Å². The first kappa shape index (κ1) is 22.1. The topological polar surface area (TPSA) is 123 Å². The summed E-state index contributed by atoms with van der Waals surface area (Å²) >= 11 is 0. The van der Waals surface area contributed by atoms with E-state index in [0.29, 0.717) is 48.5 Å². The summed E-state index contributed by atoms with van der Waals surface area (Å²) in [6, 6.07) is 6.52. The number of carbonyl (C=O) groups excluding carboxylic acids is 1. The molecule has 0 fully saturated rings. The van der Waals surface area contributed by atoms with Gasteiger partial charge in [-0.25, -0.2) is 0 Å². The highest BCUT2D eigenvalue weighted by atomic mass is 16.3. The van der Waals surface area contributed by atoms with Crippen LogP contribution in [0.4, 0.5) is 5.69 Å². The lowest BCUT2D eigenvalue weighted by Crippen LogP contribution is -2.25. The Morgan fingerprint density at radius 1 is 1.00 bits per heavy atom. The summed E-state index contributed by atoms with van der Waals surface area (Å²) in [5.41, 5.74) is 2.78. The van der Waals surface area contributed by atoms with Gasteiger partial charge in [0.1, 0.15) is 17.2 Å². The molecule has 3 aromatic rings. The number of aromatic hydroxyl groups is 2. The van der Waals surface area contributed by atoms with Gasteiger partial charge in [-0.2, -0.15) is 5.10 Å². The first-order valence-electron chi connectivity index (χ1n) is 10.8. The SMILES string of the molecule is CN(C)CCCn1nc2c3c(c(NCCNCCO)ccc31)C(=O)c1c(O)ccc(O)c1-2. The molecule has 9 heteroatoms. The molecule has 9 nitrogen and oxygen atoms in total. The molecule has 4 rings (SSSR count). The van der Waals surface area contributed by atoms with Crippen LogP contribution in [-0.2, 0) is 6.54 Å². The first-order valence-corrected chi connectivity index (χ1v) is 10.8. The molecular formula is C23H29N5O4. The number of aryl methyl sites for hydroxylation is 1. The molecule has 32 heavy (non-hydrogen) atoms. The number of rotatable bonds is 10. The Labute approximate surface area is 186 Å². The van der Waals surface area contributed by atoms with Crippen molar-refractivity contribution in [3.63, 3.8) is 0 Å². The number of nitrogens with zero attached hydrogens (tertiary/aromatic N) is 3. The maximum Gasteiger partial charge on any atom is 0.200 e. The molecule has 1 heterocycles. The van der Waals surface area contributed by atoms with Crippen LogP contribution in [0, 0.1) is 0 Å². The van der Waals surface area contributed by atoms with Crippen LogP contribution in [0.15, 0.2) is 24.3 Å². The molecule has 2 aromatic carbocycles. The third-order valence-corrected chi connectivity index (χ3v) is 5.65. The van der Waals surface area contributed by atoms with Crippen LogP contribution in [0.2, 0.25) is 0 Å². The zero-order valence-corrected chi connectivity index (χ0v) is 18.4. The van der Waals surface area contributed by atoms with Crippen molar-refractivity contribution in [3.8, 4) is 22.8 Å². The zero-order valence-electron chi connectivity index (χ0n) is 18.4. The van der Waals surface area contributed by atoms with Crippen molar-refractivity contribution in [2.24, 2.45) is 0 Å². The van der Waals surface area contributed by atoms with E-state index in [1.807, 2.05) is 30.9 Å². The number of anilines is 1. The normalized spacial score (nSPS) is 12.6. The Balaban J connectivity index is 1.81. The Hall–Kier alpha value is -3.14. The minimum Gasteiger partial charge on any atom is -0.507 e.